The zero-order valence-electron chi connectivity index (χ0n) is 16.8. The summed E-state index contributed by atoms with van der Waals surface area (Å²) < 4.78 is 6.01. The third-order valence-electron chi connectivity index (χ3n) is 5.15. The number of amides is 1. The minimum Gasteiger partial charge on any atom is -0.436 e. The lowest BCUT2D eigenvalue weighted by molar-refractivity contribution is 0.102. The van der Waals surface area contributed by atoms with E-state index in [0.29, 0.717) is 28.2 Å². The molecule has 0 saturated carbocycles. The van der Waals surface area contributed by atoms with Gasteiger partial charge < -0.3 is 9.73 Å². The molecule has 0 saturated heterocycles. The van der Waals surface area contributed by atoms with Crippen LogP contribution in [0.4, 0.5) is 5.69 Å². The Balaban J connectivity index is 1.49. The molecule has 0 aliphatic heterocycles. The Bertz CT molecular complexity index is 1390. The fourth-order valence-corrected chi connectivity index (χ4v) is 3.84. The second kappa shape index (κ2) is 7.16. The predicted octanol–water partition coefficient (Wildman–Crippen LogP) is 6.52. The monoisotopic (exact) mass is 392 g/mol. The third kappa shape index (κ3) is 3.33. The van der Waals surface area contributed by atoms with E-state index in [1.807, 2.05) is 74.5 Å². The smallest absolute Gasteiger partial charge is 0.255 e. The second-order valence-electron chi connectivity index (χ2n) is 7.56. The van der Waals surface area contributed by atoms with E-state index in [1.165, 1.54) is 0 Å². The van der Waals surface area contributed by atoms with Gasteiger partial charge in [0.05, 0.1) is 0 Å². The molecule has 1 amide bonds. The fraction of sp³-hybridized carbons (Fsp3) is 0.0769. The van der Waals surface area contributed by atoms with Crippen LogP contribution in [0.3, 0.4) is 0 Å². The van der Waals surface area contributed by atoms with E-state index < -0.39 is 0 Å². The molecule has 0 bridgehead atoms. The molecule has 0 radical (unpaired) electrons. The third-order valence-corrected chi connectivity index (χ3v) is 5.15. The lowest BCUT2D eigenvalue weighted by Crippen LogP contribution is -2.12. The van der Waals surface area contributed by atoms with Gasteiger partial charge in [-0.2, -0.15) is 0 Å². The van der Waals surface area contributed by atoms with E-state index in [4.69, 9.17) is 4.42 Å². The Morgan fingerprint density at radius 1 is 0.867 bits per heavy atom. The van der Waals surface area contributed by atoms with Gasteiger partial charge in [-0.25, -0.2) is 4.98 Å². The summed E-state index contributed by atoms with van der Waals surface area (Å²) in [7, 11) is 0. The first kappa shape index (κ1) is 18.1. The highest BCUT2D eigenvalue weighted by molar-refractivity contribution is 6.05. The number of oxazole rings is 1. The van der Waals surface area contributed by atoms with Gasteiger partial charge in [-0.15, -0.1) is 0 Å². The number of hydrogen-bond acceptors (Lipinski definition) is 3. The van der Waals surface area contributed by atoms with Crippen molar-refractivity contribution in [3.63, 3.8) is 0 Å². The maximum Gasteiger partial charge on any atom is 0.255 e. The SMILES string of the molecule is Cc1cc(C)cc(C(=O)Nc2ccc3oc(-c4cccc5ccccc45)nc3c2)c1. The molecule has 4 aromatic carbocycles. The summed E-state index contributed by atoms with van der Waals surface area (Å²) in [4.78, 5) is 17.4. The average molecular weight is 392 g/mol. The summed E-state index contributed by atoms with van der Waals surface area (Å²) in [5, 5.41) is 5.19. The van der Waals surface area contributed by atoms with Crippen LogP contribution >= 0.6 is 0 Å². The van der Waals surface area contributed by atoms with Gasteiger partial charge in [0, 0.05) is 16.8 Å². The number of aryl methyl sites for hydroxylation is 2. The highest BCUT2D eigenvalue weighted by Gasteiger charge is 2.13. The first-order valence-electron chi connectivity index (χ1n) is 9.85. The summed E-state index contributed by atoms with van der Waals surface area (Å²) in [6, 6.07) is 25.6. The summed E-state index contributed by atoms with van der Waals surface area (Å²) >= 11 is 0. The van der Waals surface area contributed by atoms with Crippen molar-refractivity contribution < 1.29 is 9.21 Å². The fourth-order valence-electron chi connectivity index (χ4n) is 3.84. The Labute approximate surface area is 174 Å². The van der Waals surface area contributed by atoms with Crippen molar-refractivity contribution in [2.45, 2.75) is 13.8 Å². The molecule has 4 heteroatoms. The Morgan fingerprint density at radius 2 is 1.63 bits per heavy atom. The lowest BCUT2D eigenvalue weighted by Gasteiger charge is -2.07. The van der Waals surface area contributed by atoms with Gasteiger partial charge in [0.2, 0.25) is 5.89 Å². The van der Waals surface area contributed by atoms with E-state index in [0.717, 1.165) is 27.5 Å². The molecule has 4 nitrogen and oxygen atoms in total. The van der Waals surface area contributed by atoms with E-state index in [2.05, 4.69) is 28.5 Å². The number of carbonyl (C=O) groups excluding carboxylic acids is 1. The Morgan fingerprint density at radius 3 is 2.47 bits per heavy atom. The first-order valence-corrected chi connectivity index (χ1v) is 9.85. The Kier molecular flexibility index (Phi) is 4.32. The first-order chi connectivity index (χ1) is 14.6. The van der Waals surface area contributed by atoms with Crippen LogP contribution in [0.2, 0.25) is 0 Å². The average Bonchev–Trinajstić information content (AvgIpc) is 3.16. The lowest BCUT2D eigenvalue weighted by atomic mass is 10.0. The van der Waals surface area contributed by atoms with E-state index in [1.54, 1.807) is 0 Å². The van der Waals surface area contributed by atoms with Crippen molar-refractivity contribution in [1.82, 2.24) is 4.98 Å². The molecular weight excluding hydrogens is 372 g/mol. The van der Waals surface area contributed by atoms with Crippen LogP contribution in [0.15, 0.2) is 83.3 Å². The van der Waals surface area contributed by atoms with Crippen LogP contribution in [0.5, 0.6) is 0 Å². The van der Waals surface area contributed by atoms with Crippen LogP contribution in [0.1, 0.15) is 21.5 Å². The number of aromatic nitrogens is 1. The minimum atomic E-state index is -0.140. The van der Waals surface area contributed by atoms with E-state index >= 15 is 0 Å². The van der Waals surface area contributed by atoms with E-state index in [-0.39, 0.29) is 5.91 Å². The maximum atomic E-state index is 12.7. The molecular formula is C26H20N2O2. The summed E-state index contributed by atoms with van der Waals surface area (Å²) in [5.74, 6) is 0.429. The number of anilines is 1. The molecule has 146 valence electrons. The number of nitrogens with one attached hydrogen (secondary N) is 1. The predicted molar refractivity (Wildman–Crippen MR) is 121 cm³/mol. The minimum absolute atomic E-state index is 0.140. The van der Waals surface area contributed by atoms with Crippen molar-refractivity contribution in [1.29, 1.82) is 0 Å². The number of carbonyl (C=O) groups is 1. The molecule has 0 spiro atoms. The van der Waals surface area contributed by atoms with Gasteiger partial charge in [-0.1, -0.05) is 53.6 Å². The maximum absolute atomic E-state index is 12.7. The van der Waals surface area contributed by atoms with Crippen LogP contribution in [-0.4, -0.2) is 10.9 Å². The van der Waals surface area contributed by atoms with Gasteiger partial charge in [0.1, 0.15) is 5.52 Å². The number of nitrogens with zero attached hydrogens (tertiary/aromatic N) is 1. The highest BCUT2D eigenvalue weighted by atomic mass is 16.3. The number of hydrogen-bond donors (Lipinski definition) is 1. The zero-order valence-corrected chi connectivity index (χ0v) is 16.8. The van der Waals surface area contributed by atoms with Crippen LogP contribution in [0.25, 0.3) is 33.3 Å². The Hall–Kier alpha value is -3.92. The van der Waals surface area contributed by atoms with Crippen molar-refractivity contribution in [3.05, 3.63) is 95.6 Å². The van der Waals surface area contributed by atoms with Gasteiger partial charge in [0.25, 0.3) is 5.91 Å². The molecule has 5 rings (SSSR count). The number of benzene rings is 4. The van der Waals surface area contributed by atoms with Crippen molar-refractivity contribution in [2.24, 2.45) is 0 Å². The van der Waals surface area contributed by atoms with Gasteiger partial charge in [-0.05, 0) is 61.0 Å². The van der Waals surface area contributed by atoms with Crippen LogP contribution in [-0.2, 0) is 0 Å². The molecule has 1 aromatic heterocycles. The van der Waals surface area contributed by atoms with Crippen LogP contribution < -0.4 is 5.32 Å². The van der Waals surface area contributed by atoms with Gasteiger partial charge in [-0.3, -0.25) is 4.79 Å². The van der Waals surface area contributed by atoms with Gasteiger partial charge in [0.15, 0.2) is 5.58 Å². The summed E-state index contributed by atoms with van der Waals surface area (Å²) in [6.07, 6.45) is 0. The molecule has 1 N–H and O–H groups in total. The van der Waals surface area contributed by atoms with E-state index in [9.17, 15) is 4.79 Å². The quantitative estimate of drug-likeness (QED) is 0.380. The molecule has 0 unspecified atom stereocenters. The molecule has 0 fully saturated rings. The molecule has 5 aromatic rings. The molecule has 0 aliphatic carbocycles. The highest BCUT2D eigenvalue weighted by Crippen LogP contribution is 2.31. The normalized spacial score (nSPS) is 11.1. The summed E-state index contributed by atoms with van der Waals surface area (Å²) in [6.45, 7) is 3.97. The standard InChI is InChI=1S/C26H20N2O2/c1-16-12-17(2)14-19(13-16)25(29)27-20-10-11-24-23(15-20)28-26(30-24)22-9-5-7-18-6-3-4-8-21(18)22/h3-15H,1-2H3,(H,27,29). The molecule has 1 heterocycles. The van der Waals surface area contributed by atoms with Crippen molar-refractivity contribution in [2.75, 3.05) is 5.32 Å². The number of rotatable bonds is 3. The molecule has 30 heavy (non-hydrogen) atoms. The molecule has 0 aliphatic rings. The van der Waals surface area contributed by atoms with Gasteiger partial charge >= 0.3 is 0 Å². The topological polar surface area (TPSA) is 55.1 Å². The number of fused-ring (bicyclic) bond motifs is 2. The van der Waals surface area contributed by atoms with Crippen molar-refractivity contribution >= 4 is 33.5 Å². The molecule has 0 atom stereocenters. The van der Waals surface area contributed by atoms with Crippen LogP contribution in [0, 0.1) is 13.8 Å². The largest absolute Gasteiger partial charge is 0.436 e. The van der Waals surface area contributed by atoms with Crippen molar-refractivity contribution in [3.8, 4) is 11.5 Å². The summed E-state index contributed by atoms with van der Waals surface area (Å²) in [5.41, 5.74) is 5.79. The second-order valence-corrected chi connectivity index (χ2v) is 7.56. The zero-order chi connectivity index (χ0) is 20.7.